The van der Waals surface area contributed by atoms with Crippen LogP contribution in [0.4, 0.5) is 5.13 Å². The molecule has 1 aliphatic heterocycles. The Balaban J connectivity index is 1.50. The Morgan fingerprint density at radius 1 is 1.13 bits per heavy atom. The molecule has 0 bridgehead atoms. The van der Waals surface area contributed by atoms with Crippen molar-refractivity contribution < 1.29 is 19.1 Å². The third-order valence-corrected chi connectivity index (χ3v) is 5.78. The summed E-state index contributed by atoms with van der Waals surface area (Å²) in [5.74, 6) is -1.03. The van der Waals surface area contributed by atoms with Crippen molar-refractivity contribution in [2.24, 2.45) is 0 Å². The number of hydrogen-bond acceptors (Lipinski definition) is 6. The van der Waals surface area contributed by atoms with Gasteiger partial charge in [0.05, 0.1) is 19.6 Å². The van der Waals surface area contributed by atoms with Crippen LogP contribution >= 0.6 is 11.3 Å². The summed E-state index contributed by atoms with van der Waals surface area (Å²) < 4.78 is 4.84. The molecule has 0 saturated carbocycles. The lowest BCUT2D eigenvalue weighted by atomic mass is 10.0. The topological polar surface area (TPSA) is 97.4 Å². The second-order valence-electron chi connectivity index (χ2n) is 6.81. The highest BCUT2D eigenvalue weighted by Crippen LogP contribution is 2.30. The van der Waals surface area contributed by atoms with Crippen LogP contribution in [-0.4, -0.2) is 29.9 Å². The number of nitrogens with zero attached hydrogens (tertiary/aromatic N) is 1. The van der Waals surface area contributed by atoms with Crippen LogP contribution in [0.2, 0.25) is 0 Å². The first kappa shape index (κ1) is 19.8. The SMILES string of the molecule is COC(=O)c1nc(NC(=O)C[C@H]2NC(=O)c3ccccc32)sc1Cc1ccccc1. The Bertz CT molecular complexity index is 1110. The van der Waals surface area contributed by atoms with Crippen LogP contribution in [0.15, 0.2) is 54.6 Å². The Hall–Kier alpha value is -3.52. The standard InChI is InChI=1S/C22H19N3O4S/c1-29-21(28)19-17(11-13-7-3-2-4-8-13)30-22(25-19)24-18(26)12-16-14-9-5-6-10-15(14)20(27)23-16/h2-10,16H,11-12H2,1H3,(H,23,27)(H,24,25,26)/t16-/m1/s1. The maximum absolute atomic E-state index is 12.6. The molecule has 3 aromatic rings. The molecule has 2 heterocycles. The summed E-state index contributed by atoms with van der Waals surface area (Å²) >= 11 is 1.24. The summed E-state index contributed by atoms with van der Waals surface area (Å²) in [6, 6.07) is 16.5. The Morgan fingerprint density at radius 2 is 1.87 bits per heavy atom. The number of anilines is 1. The van der Waals surface area contributed by atoms with Gasteiger partial charge in [-0.15, -0.1) is 11.3 Å². The number of ether oxygens (including phenoxy) is 1. The molecule has 0 aliphatic carbocycles. The number of methoxy groups -OCH3 is 1. The zero-order valence-corrected chi connectivity index (χ0v) is 17.0. The van der Waals surface area contributed by atoms with E-state index in [0.29, 0.717) is 22.0 Å². The zero-order chi connectivity index (χ0) is 21.1. The molecule has 0 unspecified atom stereocenters. The summed E-state index contributed by atoms with van der Waals surface area (Å²) in [6.07, 6.45) is 0.578. The summed E-state index contributed by atoms with van der Waals surface area (Å²) in [7, 11) is 1.30. The molecule has 2 N–H and O–H groups in total. The van der Waals surface area contributed by atoms with Gasteiger partial charge in [-0.25, -0.2) is 9.78 Å². The van der Waals surface area contributed by atoms with Gasteiger partial charge in [-0.2, -0.15) is 0 Å². The number of carbonyl (C=O) groups excluding carboxylic acids is 3. The summed E-state index contributed by atoms with van der Waals surface area (Å²) in [4.78, 5) is 41.8. The Morgan fingerprint density at radius 3 is 2.63 bits per heavy atom. The second-order valence-corrected chi connectivity index (χ2v) is 7.89. The second kappa shape index (κ2) is 8.46. The fraction of sp³-hybridized carbons (Fsp3) is 0.182. The number of aromatic nitrogens is 1. The van der Waals surface area contributed by atoms with Gasteiger partial charge in [0.1, 0.15) is 0 Å². The highest BCUT2D eigenvalue weighted by Gasteiger charge is 2.30. The third-order valence-electron chi connectivity index (χ3n) is 4.81. The molecule has 152 valence electrons. The number of nitrogens with one attached hydrogen (secondary N) is 2. The van der Waals surface area contributed by atoms with Gasteiger partial charge < -0.3 is 15.4 Å². The highest BCUT2D eigenvalue weighted by molar-refractivity contribution is 7.16. The fourth-order valence-electron chi connectivity index (χ4n) is 3.40. The zero-order valence-electron chi connectivity index (χ0n) is 16.2. The predicted octanol–water partition coefficient (Wildman–Crippen LogP) is 3.33. The van der Waals surface area contributed by atoms with Crippen molar-refractivity contribution in [3.8, 4) is 0 Å². The van der Waals surface area contributed by atoms with Gasteiger partial charge in [-0.05, 0) is 17.2 Å². The summed E-state index contributed by atoms with van der Waals surface area (Å²) in [5, 5.41) is 5.89. The normalized spacial score (nSPS) is 14.7. The van der Waals surface area contributed by atoms with Crippen LogP contribution in [-0.2, 0) is 16.0 Å². The minimum atomic E-state index is -0.547. The van der Waals surface area contributed by atoms with E-state index in [1.165, 1.54) is 18.4 Å². The lowest BCUT2D eigenvalue weighted by Gasteiger charge is -2.10. The molecule has 1 aliphatic rings. The number of rotatable bonds is 6. The first-order valence-corrected chi connectivity index (χ1v) is 10.2. The highest BCUT2D eigenvalue weighted by atomic mass is 32.1. The molecule has 2 amide bonds. The summed E-state index contributed by atoms with van der Waals surface area (Å²) in [6.45, 7) is 0. The molecule has 0 fully saturated rings. The van der Waals surface area contributed by atoms with Crippen molar-refractivity contribution in [1.82, 2.24) is 10.3 Å². The van der Waals surface area contributed by atoms with Gasteiger partial charge in [0.25, 0.3) is 5.91 Å². The van der Waals surface area contributed by atoms with Gasteiger partial charge >= 0.3 is 5.97 Å². The lowest BCUT2D eigenvalue weighted by Crippen LogP contribution is -2.24. The summed E-state index contributed by atoms with van der Waals surface area (Å²) in [5.41, 5.74) is 2.61. The predicted molar refractivity (Wildman–Crippen MR) is 113 cm³/mol. The quantitative estimate of drug-likeness (QED) is 0.595. The first-order chi connectivity index (χ1) is 14.5. The molecule has 0 spiro atoms. The first-order valence-electron chi connectivity index (χ1n) is 9.36. The molecule has 1 aromatic heterocycles. The van der Waals surface area contributed by atoms with Crippen molar-refractivity contribution in [3.05, 3.63) is 81.9 Å². The van der Waals surface area contributed by atoms with E-state index in [1.54, 1.807) is 12.1 Å². The number of benzene rings is 2. The molecule has 30 heavy (non-hydrogen) atoms. The van der Waals surface area contributed by atoms with E-state index in [4.69, 9.17) is 4.74 Å². The molecule has 0 saturated heterocycles. The lowest BCUT2D eigenvalue weighted by molar-refractivity contribution is -0.116. The van der Waals surface area contributed by atoms with Crippen molar-refractivity contribution in [1.29, 1.82) is 0 Å². The van der Waals surface area contributed by atoms with Gasteiger partial charge in [-0.1, -0.05) is 48.5 Å². The van der Waals surface area contributed by atoms with Crippen molar-refractivity contribution >= 4 is 34.3 Å². The molecule has 1 atom stereocenters. The number of hydrogen-bond donors (Lipinski definition) is 2. The van der Waals surface area contributed by atoms with E-state index >= 15 is 0 Å². The molecule has 4 rings (SSSR count). The average molecular weight is 421 g/mol. The number of fused-ring (bicyclic) bond motifs is 1. The van der Waals surface area contributed by atoms with Crippen molar-refractivity contribution in [2.75, 3.05) is 12.4 Å². The van der Waals surface area contributed by atoms with Gasteiger partial charge in [0, 0.05) is 16.9 Å². The van der Waals surface area contributed by atoms with Gasteiger partial charge in [0.15, 0.2) is 10.8 Å². The van der Waals surface area contributed by atoms with Gasteiger partial charge in [-0.3, -0.25) is 9.59 Å². The molecule has 0 radical (unpaired) electrons. The van der Waals surface area contributed by atoms with Crippen LogP contribution < -0.4 is 10.6 Å². The number of esters is 1. The molecule has 2 aromatic carbocycles. The minimum Gasteiger partial charge on any atom is -0.464 e. The molecule has 7 nitrogen and oxygen atoms in total. The maximum atomic E-state index is 12.6. The monoisotopic (exact) mass is 421 g/mol. The van der Waals surface area contributed by atoms with Crippen molar-refractivity contribution in [2.45, 2.75) is 18.9 Å². The van der Waals surface area contributed by atoms with Crippen LogP contribution in [0.1, 0.15) is 49.3 Å². The fourth-order valence-corrected chi connectivity index (χ4v) is 4.40. The maximum Gasteiger partial charge on any atom is 0.357 e. The molecular formula is C22H19N3O4S. The Kier molecular flexibility index (Phi) is 5.58. The Labute approximate surface area is 177 Å². The van der Waals surface area contributed by atoms with Crippen molar-refractivity contribution in [3.63, 3.8) is 0 Å². The van der Waals surface area contributed by atoms with E-state index in [1.807, 2.05) is 42.5 Å². The number of thiazole rings is 1. The largest absolute Gasteiger partial charge is 0.464 e. The van der Waals surface area contributed by atoms with E-state index in [2.05, 4.69) is 15.6 Å². The van der Waals surface area contributed by atoms with Crippen LogP contribution in [0.3, 0.4) is 0 Å². The third kappa shape index (κ3) is 4.08. The van der Waals surface area contributed by atoms with E-state index in [0.717, 1.165) is 11.1 Å². The molecule has 8 heteroatoms. The van der Waals surface area contributed by atoms with Crippen LogP contribution in [0.5, 0.6) is 0 Å². The average Bonchev–Trinajstić information content (AvgIpc) is 3.29. The van der Waals surface area contributed by atoms with Crippen LogP contribution in [0.25, 0.3) is 0 Å². The number of carbonyl (C=O) groups is 3. The smallest absolute Gasteiger partial charge is 0.357 e. The number of amides is 2. The minimum absolute atomic E-state index is 0.0733. The van der Waals surface area contributed by atoms with Crippen LogP contribution in [0, 0.1) is 0 Å². The van der Waals surface area contributed by atoms with E-state index < -0.39 is 12.0 Å². The van der Waals surface area contributed by atoms with E-state index in [-0.39, 0.29) is 23.9 Å². The van der Waals surface area contributed by atoms with Gasteiger partial charge in [0.2, 0.25) is 5.91 Å². The van der Waals surface area contributed by atoms with E-state index in [9.17, 15) is 14.4 Å². The molecular weight excluding hydrogens is 402 g/mol.